The van der Waals surface area contributed by atoms with Crippen molar-refractivity contribution >= 4 is 11.9 Å². The van der Waals surface area contributed by atoms with Crippen LogP contribution in [0, 0.1) is 23.7 Å². The van der Waals surface area contributed by atoms with Gasteiger partial charge < -0.3 is 14.5 Å². The van der Waals surface area contributed by atoms with E-state index in [0.29, 0.717) is 29.7 Å². The summed E-state index contributed by atoms with van der Waals surface area (Å²) in [5.74, 6) is 1.52. The second-order valence-corrected chi connectivity index (χ2v) is 9.64. The molecular weight excluding hydrogens is 430 g/mol. The number of hydrogen-bond donors (Lipinski definition) is 0. The molecule has 1 atom stereocenters. The molecule has 2 aromatic heterocycles. The third-order valence-corrected chi connectivity index (χ3v) is 7.46. The Bertz CT molecular complexity index is 1100. The van der Waals surface area contributed by atoms with Gasteiger partial charge >= 0.3 is 6.09 Å². The predicted octanol–water partition coefficient (Wildman–Crippen LogP) is 2.85. The maximum absolute atomic E-state index is 12.0. The van der Waals surface area contributed by atoms with Gasteiger partial charge in [0.2, 0.25) is 0 Å². The monoisotopic (exact) mass is 461 g/mol. The van der Waals surface area contributed by atoms with E-state index >= 15 is 0 Å². The summed E-state index contributed by atoms with van der Waals surface area (Å²) in [5.41, 5.74) is 2.27. The SMILES string of the molecule is CCOC(=O)N1CC2(CCC(N3CCN(c4ncccc4-c4nc(C)ncc4C#N)CC3)C2)C1. The van der Waals surface area contributed by atoms with E-state index < -0.39 is 0 Å². The van der Waals surface area contributed by atoms with Crippen LogP contribution in [0.2, 0.25) is 0 Å². The highest BCUT2D eigenvalue weighted by Crippen LogP contribution is 2.47. The molecule has 1 amide bonds. The molecule has 0 radical (unpaired) electrons. The van der Waals surface area contributed by atoms with Gasteiger partial charge in [-0.2, -0.15) is 5.26 Å². The van der Waals surface area contributed by atoms with Crippen LogP contribution in [-0.4, -0.2) is 82.8 Å². The van der Waals surface area contributed by atoms with Crippen LogP contribution >= 0.6 is 0 Å². The number of aryl methyl sites for hydroxylation is 1. The number of amides is 1. The lowest BCUT2D eigenvalue weighted by Crippen LogP contribution is -2.58. The van der Waals surface area contributed by atoms with Crippen LogP contribution in [0.1, 0.15) is 37.6 Å². The van der Waals surface area contributed by atoms with Gasteiger partial charge in [0.15, 0.2) is 0 Å². The summed E-state index contributed by atoms with van der Waals surface area (Å²) in [5, 5.41) is 9.57. The average molecular weight is 462 g/mol. The highest BCUT2D eigenvalue weighted by atomic mass is 16.6. The third-order valence-electron chi connectivity index (χ3n) is 7.46. The molecule has 34 heavy (non-hydrogen) atoms. The average Bonchev–Trinajstić information content (AvgIpc) is 3.29. The van der Waals surface area contributed by atoms with Crippen molar-refractivity contribution < 1.29 is 9.53 Å². The fourth-order valence-electron chi connectivity index (χ4n) is 5.77. The zero-order valence-corrected chi connectivity index (χ0v) is 19.9. The van der Waals surface area contributed by atoms with Crippen molar-refractivity contribution in [1.82, 2.24) is 24.8 Å². The lowest BCUT2D eigenvalue weighted by atomic mass is 9.78. The fourth-order valence-corrected chi connectivity index (χ4v) is 5.77. The molecule has 1 aliphatic carbocycles. The van der Waals surface area contributed by atoms with Gasteiger partial charge in [-0.1, -0.05) is 0 Å². The number of carbonyl (C=O) groups excluding carboxylic acids is 1. The number of likely N-dealkylation sites (tertiary alicyclic amines) is 1. The number of rotatable bonds is 4. The molecule has 4 heterocycles. The Labute approximate surface area is 200 Å². The third kappa shape index (κ3) is 4.18. The lowest BCUT2D eigenvalue weighted by Gasteiger charge is -2.48. The van der Waals surface area contributed by atoms with E-state index in [0.717, 1.165) is 57.1 Å². The molecule has 1 spiro atoms. The van der Waals surface area contributed by atoms with E-state index in [-0.39, 0.29) is 11.5 Å². The first-order valence-corrected chi connectivity index (χ1v) is 12.1. The number of anilines is 1. The standard InChI is InChI=1S/C25H31N7O2/c1-3-34-24(33)32-16-25(17-32)7-6-20(13-25)30-9-11-31(12-10-30)23-21(5-4-8-27-23)22-19(14-26)15-28-18(2)29-22/h4-5,8,15,20H,3,6-7,9-13,16-17H2,1-2H3. The van der Waals surface area contributed by atoms with Crippen LogP contribution in [0.5, 0.6) is 0 Å². The van der Waals surface area contributed by atoms with E-state index in [4.69, 9.17) is 4.74 Å². The normalized spacial score (nSPS) is 21.9. The van der Waals surface area contributed by atoms with E-state index in [1.807, 2.05) is 30.9 Å². The number of hydrogen-bond acceptors (Lipinski definition) is 8. The molecule has 2 aromatic rings. The Morgan fingerprint density at radius 2 is 2.06 bits per heavy atom. The highest BCUT2D eigenvalue weighted by Gasteiger charge is 2.51. The first kappa shape index (κ1) is 22.5. The summed E-state index contributed by atoms with van der Waals surface area (Å²) >= 11 is 0. The Morgan fingerprint density at radius 3 is 2.79 bits per heavy atom. The predicted molar refractivity (Wildman–Crippen MR) is 127 cm³/mol. The van der Waals surface area contributed by atoms with Gasteiger partial charge in [-0.15, -0.1) is 0 Å². The molecule has 0 bridgehead atoms. The number of nitrogens with zero attached hydrogens (tertiary/aromatic N) is 7. The molecule has 178 valence electrons. The van der Waals surface area contributed by atoms with Crippen molar-refractivity contribution in [3.05, 3.63) is 35.9 Å². The summed E-state index contributed by atoms with van der Waals surface area (Å²) in [7, 11) is 0. The first-order valence-electron chi connectivity index (χ1n) is 12.1. The van der Waals surface area contributed by atoms with Crippen molar-refractivity contribution in [2.75, 3.05) is 50.8 Å². The Balaban J connectivity index is 1.23. The second-order valence-electron chi connectivity index (χ2n) is 9.64. The largest absolute Gasteiger partial charge is 0.450 e. The Kier molecular flexibility index (Phi) is 6.09. The van der Waals surface area contributed by atoms with Gasteiger partial charge in [-0.25, -0.2) is 19.7 Å². The number of pyridine rings is 1. The Morgan fingerprint density at radius 1 is 1.26 bits per heavy atom. The number of piperazine rings is 1. The van der Waals surface area contributed by atoms with E-state index in [1.54, 1.807) is 12.4 Å². The number of aromatic nitrogens is 3. The minimum atomic E-state index is -0.171. The molecule has 9 heteroatoms. The summed E-state index contributed by atoms with van der Waals surface area (Å²) in [6, 6.07) is 6.68. The van der Waals surface area contributed by atoms with Crippen molar-refractivity contribution in [3.63, 3.8) is 0 Å². The molecule has 2 saturated heterocycles. The van der Waals surface area contributed by atoms with Crippen molar-refractivity contribution in [2.24, 2.45) is 5.41 Å². The maximum atomic E-state index is 12.0. The Hall–Kier alpha value is -3.25. The van der Waals surface area contributed by atoms with Gasteiger partial charge in [0.25, 0.3) is 0 Å². The minimum Gasteiger partial charge on any atom is -0.450 e. The molecule has 3 fully saturated rings. The van der Waals surface area contributed by atoms with Gasteiger partial charge in [-0.3, -0.25) is 4.90 Å². The molecule has 0 aromatic carbocycles. The van der Waals surface area contributed by atoms with Crippen LogP contribution in [0.4, 0.5) is 10.6 Å². The van der Waals surface area contributed by atoms with Crippen LogP contribution in [0.25, 0.3) is 11.3 Å². The smallest absolute Gasteiger partial charge is 0.409 e. The van der Waals surface area contributed by atoms with Gasteiger partial charge in [-0.05, 0) is 45.2 Å². The van der Waals surface area contributed by atoms with E-state index in [9.17, 15) is 10.1 Å². The van der Waals surface area contributed by atoms with Gasteiger partial charge in [0.1, 0.15) is 17.7 Å². The second kappa shape index (κ2) is 9.18. The number of ether oxygens (including phenoxy) is 1. The van der Waals surface area contributed by atoms with Crippen molar-refractivity contribution in [2.45, 2.75) is 39.2 Å². The van der Waals surface area contributed by atoms with Crippen molar-refractivity contribution in [3.8, 4) is 17.3 Å². The molecule has 0 N–H and O–H groups in total. The molecule has 2 aliphatic heterocycles. The molecule has 9 nitrogen and oxygen atoms in total. The summed E-state index contributed by atoms with van der Waals surface area (Å²) < 4.78 is 5.15. The van der Waals surface area contributed by atoms with Crippen molar-refractivity contribution in [1.29, 1.82) is 5.26 Å². The number of nitriles is 1. The summed E-state index contributed by atoms with van der Waals surface area (Å²) in [6.07, 6.45) is 6.75. The van der Waals surface area contributed by atoms with Crippen LogP contribution in [0.15, 0.2) is 24.5 Å². The van der Waals surface area contributed by atoms with E-state index in [2.05, 4.69) is 30.8 Å². The topological polar surface area (TPSA) is 98.5 Å². The summed E-state index contributed by atoms with van der Waals surface area (Å²) in [4.78, 5) is 32.1. The maximum Gasteiger partial charge on any atom is 0.409 e. The molecular formula is C25H31N7O2. The molecule has 1 unspecified atom stereocenters. The molecule has 1 saturated carbocycles. The zero-order valence-electron chi connectivity index (χ0n) is 19.9. The molecule has 3 aliphatic rings. The molecule has 5 rings (SSSR count). The lowest BCUT2D eigenvalue weighted by molar-refractivity contribution is -0.00294. The van der Waals surface area contributed by atoms with Crippen LogP contribution in [-0.2, 0) is 4.74 Å². The van der Waals surface area contributed by atoms with Gasteiger partial charge in [0.05, 0.1) is 17.9 Å². The number of carbonyl (C=O) groups is 1. The van der Waals surface area contributed by atoms with Crippen LogP contribution < -0.4 is 4.90 Å². The minimum absolute atomic E-state index is 0.171. The summed E-state index contributed by atoms with van der Waals surface area (Å²) in [6.45, 7) is 9.51. The fraction of sp³-hybridized carbons (Fsp3) is 0.560. The highest BCUT2D eigenvalue weighted by molar-refractivity contribution is 5.77. The zero-order chi connectivity index (χ0) is 23.7. The van der Waals surface area contributed by atoms with Crippen LogP contribution in [0.3, 0.4) is 0 Å². The first-order chi connectivity index (χ1) is 16.5. The van der Waals surface area contributed by atoms with Gasteiger partial charge in [0, 0.05) is 68.7 Å². The quantitative estimate of drug-likeness (QED) is 0.686. The van der Waals surface area contributed by atoms with E-state index in [1.165, 1.54) is 12.8 Å².